The summed E-state index contributed by atoms with van der Waals surface area (Å²) in [6, 6.07) is 3.43. The van der Waals surface area contributed by atoms with E-state index in [1.807, 2.05) is 17.4 Å². The van der Waals surface area contributed by atoms with E-state index in [1.165, 1.54) is 47.2 Å². The number of thioether (sulfide) groups is 1. The van der Waals surface area contributed by atoms with Crippen molar-refractivity contribution in [2.75, 3.05) is 5.32 Å². The molecular formula is C17H15ClN2OS2. The van der Waals surface area contributed by atoms with Gasteiger partial charge in [0.2, 0.25) is 0 Å². The van der Waals surface area contributed by atoms with Crippen LogP contribution in [0.4, 0.5) is 5.82 Å². The Labute approximate surface area is 148 Å². The van der Waals surface area contributed by atoms with Crippen molar-refractivity contribution in [2.24, 2.45) is 0 Å². The molecule has 6 heteroatoms. The van der Waals surface area contributed by atoms with Crippen LogP contribution in [-0.2, 0) is 23.4 Å². The van der Waals surface area contributed by atoms with Gasteiger partial charge >= 0.3 is 0 Å². The first-order valence-corrected chi connectivity index (χ1v) is 9.79. The number of carbonyl (C=O) groups is 1. The van der Waals surface area contributed by atoms with Crippen molar-refractivity contribution in [3.05, 3.63) is 49.1 Å². The Balaban J connectivity index is 1.56. The van der Waals surface area contributed by atoms with Crippen LogP contribution in [0.5, 0.6) is 0 Å². The van der Waals surface area contributed by atoms with Crippen LogP contribution in [0.1, 0.15) is 33.7 Å². The number of anilines is 1. The lowest BCUT2D eigenvalue weighted by atomic mass is 9.95. The zero-order valence-electron chi connectivity index (χ0n) is 12.4. The predicted molar refractivity (Wildman–Crippen MR) is 98.1 cm³/mol. The molecule has 3 nitrogen and oxygen atoms in total. The van der Waals surface area contributed by atoms with Gasteiger partial charge in [-0.25, -0.2) is 4.98 Å². The number of nitrogens with zero attached hydrogens (tertiary/aromatic N) is 1. The molecule has 1 aliphatic carbocycles. The van der Waals surface area contributed by atoms with Gasteiger partial charge in [0.15, 0.2) is 0 Å². The van der Waals surface area contributed by atoms with E-state index >= 15 is 0 Å². The highest BCUT2D eigenvalue weighted by molar-refractivity contribution is 8.03. The monoisotopic (exact) mass is 362 g/mol. The summed E-state index contributed by atoms with van der Waals surface area (Å²) in [5.41, 5.74) is 3.01. The maximum atomic E-state index is 12.4. The number of aryl methyl sites for hydroxylation is 1. The van der Waals surface area contributed by atoms with Gasteiger partial charge in [0.05, 0.1) is 9.93 Å². The van der Waals surface area contributed by atoms with Crippen molar-refractivity contribution in [2.45, 2.75) is 31.4 Å². The van der Waals surface area contributed by atoms with Crippen LogP contribution in [0.15, 0.2) is 23.2 Å². The molecule has 1 N–H and O–H groups in total. The number of hydrogen-bond donors (Lipinski definition) is 1. The normalized spacial score (nSPS) is 16.3. The van der Waals surface area contributed by atoms with E-state index in [4.69, 9.17) is 11.6 Å². The molecule has 0 saturated carbocycles. The van der Waals surface area contributed by atoms with E-state index in [0.717, 1.165) is 10.7 Å². The predicted octanol–water partition coefficient (Wildman–Crippen LogP) is 4.90. The standard InChI is InChI=1S/C17H15ClN2OS2/c18-10-5-6-16(19-8-10)20-17(21)15-7-14-12(9-22-15)11-3-1-2-4-13(11)23-14/h5-8H,1-4,9H2,(H,19,20,21). The summed E-state index contributed by atoms with van der Waals surface area (Å²) < 4.78 is 0. The quantitative estimate of drug-likeness (QED) is 0.826. The van der Waals surface area contributed by atoms with E-state index < -0.39 is 0 Å². The van der Waals surface area contributed by atoms with Crippen molar-refractivity contribution >= 4 is 52.5 Å². The molecule has 1 aliphatic heterocycles. The molecule has 2 aromatic heterocycles. The molecule has 4 rings (SSSR count). The number of rotatable bonds is 2. The Morgan fingerprint density at radius 3 is 2.91 bits per heavy atom. The van der Waals surface area contributed by atoms with E-state index in [9.17, 15) is 4.79 Å². The molecule has 3 heterocycles. The number of pyridine rings is 1. The van der Waals surface area contributed by atoms with Crippen molar-refractivity contribution in [1.82, 2.24) is 4.98 Å². The minimum absolute atomic E-state index is 0.0955. The number of fused-ring (bicyclic) bond motifs is 3. The Hall–Kier alpha value is -1.30. The third kappa shape index (κ3) is 3.05. The molecule has 0 spiro atoms. The molecule has 2 aliphatic rings. The third-order valence-corrected chi connectivity index (χ3v) is 6.69. The smallest absolute Gasteiger partial charge is 0.263 e. The van der Waals surface area contributed by atoms with Crippen molar-refractivity contribution in [3.63, 3.8) is 0 Å². The van der Waals surface area contributed by atoms with Gasteiger partial charge in [-0.2, -0.15) is 0 Å². The fourth-order valence-electron chi connectivity index (χ4n) is 3.00. The molecule has 23 heavy (non-hydrogen) atoms. The number of halogens is 1. The minimum atomic E-state index is -0.0955. The summed E-state index contributed by atoms with van der Waals surface area (Å²) in [5, 5.41) is 3.40. The van der Waals surface area contributed by atoms with Crippen LogP contribution in [0.2, 0.25) is 5.02 Å². The zero-order valence-corrected chi connectivity index (χ0v) is 14.8. The number of carbonyl (C=O) groups excluding carboxylic acids is 1. The number of amides is 1. The fourth-order valence-corrected chi connectivity index (χ4v) is 5.64. The van der Waals surface area contributed by atoms with Gasteiger partial charge in [-0.1, -0.05) is 11.6 Å². The first kappa shape index (κ1) is 15.2. The van der Waals surface area contributed by atoms with E-state index in [2.05, 4.69) is 10.3 Å². The highest BCUT2D eigenvalue weighted by atomic mass is 35.5. The fraction of sp³-hybridized carbons (Fsp3) is 0.294. The number of aromatic nitrogens is 1. The lowest BCUT2D eigenvalue weighted by Gasteiger charge is -2.16. The van der Waals surface area contributed by atoms with Gasteiger partial charge in [-0.15, -0.1) is 23.1 Å². The highest BCUT2D eigenvalue weighted by Crippen LogP contribution is 2.42. The summed E-state index contributed by atoms with van der Waals surface area (Å²) in [7, 11) is 0. The van der Waals surface area contributed by atoms with E-state index in [-0.39, 0.29) is 5.91 Å². The third-order valence-electron chi connectivity index (χ3n) is 4.14. The first-order chi connectivity index (χ1) is 11.2. The Morgan fingerprint density at radius 2 is 2.09 bits per heavy atom. The average Bonchev–Trinajstić information content (AvgIpc) is 2.94. The van der Waals surface area contributed by atoms with Crippen LogP contribution < -0.4 is 5.32 Å². The number of thiophene rings is 1. The molecule has 118 valence electrons. The topological polar surface area (TPSA) is 42.0 Å². The largest absolute Gasteiger partial charge is 0.306 e. The Bertz CT molecular complexity index is 796. The maximum absolute atomic E-state index is 12.4. The van der Waals surface area contributed by atoms with Crippen LogP contribution in [0.3, 0.4) is 0 Å². The molecule has 0 radical (unpaired) electrons. The molecule has 0 saturated heterocycles. The second-order valence-electron chi connectivity index (χ2n) is 5.67. The van der Waals surface area contributed by atoms with Gasteiger partial charge in [0.25, 0.3) is 5.91 Å². The number of nitrogens with one attached hydrogen (secondary N) is 1. The second kappa shape index (κ2) is 6.30. The van der Waals surface area contributed by atoms with Crippen LogP contribution in [0, 0.1) is 0 Å². The minimum Gasteiger partial charge on any atom is -0.306 e. The summed E-state index contributed by atoms with van der Waals surface area (Å²) in [6.07, 6.45) is 8.55. The van der Waals surface area contributed by atoms with Gasteiger partial charge in [0, 0.05) is 21.7 Å². The summed E-state index contributed by atoms with van der Waals surface area (Å²) in [6.45, 7) is 0. The molecule has 0 atom stereocenters. The molecule has 1 amide bonds. The maximum Gasteiger partial charge on any atom is 0.263 e. The first-order valence-electron chi connectivity index (χ1n) is 7.61. The summed E-state index contributed by atoms with van der Waals surface area (Å²) >= 11 is 9.29. The van der Waals surface area contributed by atoms with Gasteiger partial charge in [-0.3, -0.25) is 4.79 Å². The Kier molecular flexibility index (Phi) is 4.18. The van der Waals surface area contributed by atoms with Crippen molar-refractivity contribution < 1.29 is 4.79 Å². The lowest BCUT2D eigenvalue weighted by molar-refractivity contribution is -0.112. The van der Waals surface area contributed by atoms with Crippen molar-refractivity contribution in [3.8, 4) is 0 Å². The molecule has 0 unspecified atom stereocenters. The summed E-state index contributed by atoms with van der Waals surface area (Å²) in [4.78, 5) is 20.1. The molecule has 0 fully saturated rings. The Morgan fingerprint density at radius 1 is 1.22 bits per heavy atom. The van der Waals surface area contributed by atoms with Gasteiger partial charge in [-0.05, 0) is 55.0 Å². The summed E-state index contributed by atoms with van der Waals surface area (Å²) in [5.74, 6) is 1.33. The van der Waals surface area contributed by atoms with E-state index in [0.29, 0.717) is 10.8 Å². The number of hydrogen-bond acceptors (Lipinski definition) is 4. The molecular weight excluding hydrogens is 348 g/mol. The highest BCUT2D eigenvalue weighted by Gasteiger charge is 2.25. The average molecular weight is 363 g/mol. The van der Waals surface area contributed by atoms with Crippen molar-refractivity contribution in [1.29, 1.82) is 0 Å². The zero-order chi connectivity index (χ0) is 15.8. The van der Waals surface area contributed by atoms with Crippen LogP contribution in [0.25, 0.3) is 6.08 Å². The van der Waals surface area contributed by atoms with Gasteiger partial charge in [0.1, 0.15) is 5.82 Å². The van der Waals surface area contributed by atoms with Crippen LogP contribution in [-0.4, -0.2) is 10.9 Å². The second-order valence-corrected chi connectivity index (χ2v) is 8.26. The molecule has 2 aromatic rings. The lowest BCUT2D eigenvalue weighted by Crippen LogP contribution is -2.15. The molecule has 0 bridgehead atoms. The van der Waals surface area contributed by atoms with Crippen LogP contribution >= 0.6 is 34.7 Å². The SMILES string of the molecule is O=C(Nc1ccc(Cl)cn1)C1=Cc2sc3c(c2CS1)CCCC3. The van der Waals surface area contributed by atoms with Gasteiger partial charge < -0.3 is 5.32 Å². The van der Waals surface area contributed by atoms with E-state index in [1.54, 1.807) is 29.5 Å². The molecule has 0 aromatic carbocycles.